The Morgan fingerprint density at radius 1 is 1.09 bits per heavy atom. The summed E-state index contributed by atoms with van der Waals surface area (Å²) in [4.78, 5) is 37.1. The van der Waals surface area contributed by atoms with E-state index in [9.17, 15) is 27.9 Å². The van der Waals surface area contributed by atoms with Crippen LogP contribution in [0.5, 0.6) is 17.2 Å². The molecule has 4 heterocycles. The minimum atomic E-state index is -4.21. The fraction of sp³-hybridized carbons (Fsp3) is 0.535. The number of nitrogens with zero attached hydrogens (tertiary/aromatic N) is 2. The number of nitrogens with one attached hydrogen (secondary N) is 4. The minimum Gasteiger partial charge on any atom is -0.487 e. The summed E-state index contributed by atoms with van der Waals surface area (Å²) < 4.78 is 67.1. The van der Waals surface area contributed by atoms with Gasteiger partial charge in [0, 0.05) is 18.8 Å². The average molecular weight is 950 g/mol. The number of amides is 2. The number of terminal acetylenes is 1. The number of ether oxygens (including phenoxy) is 7. The van der Waals surface area contributed by atoms with Gasteiger partial charge in [-0.1, -0.05) is 32.9 Å². The predicted molar refractivity (Wildman–Crippen MR) is 245 cm³/mol. The van der Waals surface area contributed by atoms with Gasteiger partial charge in [0.15, 0.2) is 17.8 Å². The molecule has 2 saturated heterocycles. The van der Waals surface area contributed by atoms with Gasteiger partial charge in [0.05, 0.1) is 47.3 Å². The van der Waals surface area contributed by atoms with Gasteiger partial charge in [0.1, 0.15) is 38.3 Å². The molecule has 2 aromatic rings. The molecule has 7 N–H and O–H groups in total. The molecule has 0 aromatic heterocycles. The van der Waals surface area contributed by atoms with Crippen molar-refractivity contribution < 1.29 is 61.1 Å². The Bertz CT molecular complexity index is 1990. The molecule has 0 radical (unpaired) electrons. The number of hydrogen-bond donors (Lipinski definition) is 6. The molecule has 2 unspecified atom stereocenters. The van der Waals surface area contributed by atoms with Crippen LogP contribution in [0.2, 0.25) is 0 Å². The lowest BCUT2D eigenvalue weighted by Gasteiger charge is -2.32. The van der Waals surface area contributed by atoms with Crippen molar-refractivity contribution in [2.45, 2.75) is 94.5 Å². The van der Waals surface area contributed by atoms with E-state index in [4.69, 9.17) is 38.9 Å². The number of esters is 1. The number of rotatable bonds is 21. The lowest BCUT2D eigenvalue weighted by molar-refractivity contribution is -0.157. The number of carbonyl (C=O) groups is 3. The summed E-state index contributed by atoms with van der Waals surface area (Å²) in [6.07, 6.45) is 8.98. The first-order valence-corrected chi connectivity index (χ1v) is 23.5. The number of carboxylic acid groups (broad SMARTS) is 1. The summed E-state index contributed by atoms with van der Waals surface area (Å²) >= 11 is 1.65. The Kier molecular flexibility index (Phi) is 23.2. The first kappa shape index (κ1) is 54.1. The Balaban J connectivity index is 0.000000744. The van der Waals surface area contributed by atoms with Crippen molar-refractivity contribution in [1.29, 1.82) is 0 Å². The molecule has 22 heteroatoms. The quantitative estimate of drug-likeness (QED) is 0.0262. The third kappa shape index (κ3) is 17.2. The van der Waals surface area contributed by atoms with E-state index in [1.54, 1.807) is 49.9 Å². The van der Waals surface area contributed by atoms with Crippen LogP contribution in [0.15, 0.2) is 63.6 Å². The topological polar surface area (TPSA) is 260 Å². The lowest BCUT2D eigenvalue weighted by Crippen LogP contribution is -2.52. The normalized spacial score (nSPS) is 19.9. The number of sulfonamides is 1. The van der Waals surface area contributed by atoms with Crippen LogP contribution in [-0.2, 0) is 45.0 Å². The maximum absolute atomic E-state index is 14.0. The molecule has 2 fully saturated rings. The summed E-state index contributed by atoms with van der Waals surface area (Å²) in [5, 5.41) is 24.0. The van der Waals surface area contributed by atoms with Gasteiger partial charge in [0.25, 0.3) is 0 Å². The van der Waals surface area contributed by atoms with Gasteiger partial charge in [-0.15, -0.1) is 24.6 Å². The number of fused-ring (bicyclic) bond motifs is 2. The SMILES string of the molecule is C#C.C/C=N\NCNC(=O)COCC(=O)OC(CN(CCC)S(=O)(=O)c1ccc2c(c1)OCO2)[C@H](Cc1ccc(OCC2=CSC(C)N2)cc1)NC(=O)O.CC.NC12CCOC1OCC2. The zero-order chi connectivity index (χ0) is 47.8. The Hall–Kier alpha value is -5.28. The maximum atomic E-state index is 14.0. The number of thioether (sulfide) groups is 1. The molecule has 0 spiro atoms. The molecule has 20 nitrogen and oxygen atoms in total. The summed E-state index contributed by atoms with van der Waals surface area (Å²) in [5.41, 5.74) is 9.97. The van der Waals surface area contributed by atoms with E-state index in [0.29, 0.717) is 30.1 Å². The van der Waals surface area contributed by atoms with Crippen molar-refractivity contribution in [2.24, 2.45) is 10.8 Å². The number of hydrazone groups is 1. The van der Waals surface area contributed by atoms with Crippen molar-refractivity contribution in [3.05, 3.63) is 59.1 Å². The maximum Gasteiger partial charge on any atom is 0.405 e. The Labute approximate surface area is 385 Å². The van der Waals surface area contributed by atoms with Crippen LogP contribution in [0.4, 0.5) is 4.79 Å². The largest absolute Gasteiger partial charge is 0.487 e. The molecule has 0 aliphatic carbocycles. The van der Waals surface area contributed by atoms with Crippen molar-refractivity contribution >= 4 is 46.0 Å². The molecular weight excluding hydrogens is 887 g/mol. The summed E-state index contributed by atoms with van der Waals surface area (Å²) in [6.45, 7) is 9.84. The minimum absolute atomic E-state index is 0.0198. The average Bonchev–Trinajstić information content (AvgIpc) is 4.11. The third-order valence-electron chi connectivity index (χ3n) is 9.64. The monoisotopic (exact) mass is 949 g/mol. The number of hydrogen-bond acceptors (Lipinski definition) is 17. The molecule has 0 saturated carbocycles. The number of benzene rings is 2. The first-order chi connectivity index (χ1) is 31.3. The molecule has 6 rings (SSSR count). The van der Waals surface area contributed by atoms with Crippen LogP contribution >= 0.6 is 11.8 Å². The highest BCUT2D eigenvalue weighted by atomic mass is 32.2. The Morgan fingerprint density at radius 3 is 2.40 bits per heavy atom. The molecule has 4 aliphatic rings. The van der Waals surface area contributed by atoms with E-state index < -0.39 is 59.9 Å². The van der Waals surface area contributed by atoms with Crippen molar-refractivity contribution in [3.8, 4) is 30.1 Å². The fourth-order valence-corrected chi connectivity index (χ4v) is 8.85. The molecule has 3 atom stereocenters. The number of nitrogens with two attached hydrogens (primary N) is 1. The summed E-state index contributed by atoms with van der Waals surface area (Å²) in [5.74, 6) is -0.227. The van der Waals surface area contributed by atoms with Gasteiger partial charge in [0.2, 0.25) is 22.7 Å². The molecular formula is C43H63N7O13S2. The molecule has 2 amide bonds. The predicted octanol–water partition coefficient (Wildman–Crippen LogP) is 3.32. The standard InChI is InChI=1S/C33H44N6O11S2.C6H11NO2.C2H6.C2H2/c1-4-12-39(52(44,45)26-10-11-28-29(14-26)49-21-48-28)15-30(50-32(41)18-46-17-31(40)34-20-36-35-5-2)27(38-33(42)43)13-23-6-8-25(9-7-23)47-16-24-19-51-22(3)37-24;7-6-1-3-8-5(6)9-4-2-6;2*1-2/h5-11,14,19,22,27,30,36-38H,4,12-13,15-18,20-21H2,1-3H3,(H,34,40)(H,42,43);5H,1-4,7H2;1-2H3;1-2H/b35-5-;;;/t22?,27-,30?;;;/m0.../s1. The van der Waals surface area contributed by atoms with Crippen molar-refractivity contribution in [1.82, 2.24) is 25.7 Å². The molecule has 4 aliphatic heterocycles. The second-order valence-electron chi connectivity index (χ2n) is 14.3. The van der Waals surface area contributed by atoms with E-state index in [1.165, 1.54) is 24.4 Å². The van der Waals surface area contributed by atoms with Crippen LogP contribution in [-0.4, -0.2) is 131 Å². The van der Waals surface area contributed by atoms with Gasteiger partial charge >= 0.3 is 12.1 Å². The van der Waals surface area contributed by atoms with Crippen molar-refractivity contribution in [3.63, 3.8) is 0 Å². The van der Waals surface area contributed by atoms with E-state index >= 15 is 0 Å². The van der Waals surface area contributed by atoms with Crippen LogP contribution < -0.4 is 41.3 Å². The zero-order valence-electron chi connectivity index (χ0n) is 37.5. The van der Waals surface area contributed by atoms with E-state index in [1.807, 2.05) is 26.2 Å². The van der Waals surface area contributed by atoms with Crippen molar-refractivity contribution in [2.75, 3.05) is 59.6 Å². The smallest absolute Gasteiger partial charge is 0.405 e. The molecule has 65 heavy (non-hydrogen) atoms. The van der Waals surface area contributed by atoms with Gasteiger partial charge < -0.3 is 59.9 Å². The van der Waals surface area contributed by atoms with E-state index in [2.05, 4.69) is 39.3 Å². The first-order valence-electron chi connectivity index (χ1n) is 21.1. The van der Waals surface area contributed by atoms with Gasteiger partial charge in [-0.2, -0.15) is 9.41 Å². The zero-order valence-corrected chi connectivity index (χ0v) is 39.1. The van der Waals surface area contributed by atoms with Crippen LogP contribution in [0, 0.1) is 12.8 Å². The van der Waals surface area contributed by atoms with Gasteiger partial charge in [-0.25, -0.2) is 18.0 Å². The second-order valence-corrected chi connectivity index (χ2v) is 17.4. The second kappa shape index (κ2) is 27.9. The number of carbonyl (C=O) groups excluding carboxylic acids is 2. The van der Waals surface area contributed by atoms with Gasteiger partial charge in [-0.05, 0) is 74.8 Å². The Morgan fingerprint density at radius 2 is 1.78 bits per heavy atom. The van der Waals surface area contributed by atoms with E-state index in [0.717, 1.165) is 36.1 Å². The van der Waals surface area contributed by atoms with Crippen LogP contribution in [0.25, 0.3) is 0 Å². The highest BCUT2D eigenvalue weighted by Gasteiger charge is 2.45. The third-order valence-corrected chi connectivity index (χ3v) is 12.4. The van der Waals surface area contributed by atoms with Crippen LogP contribution in [0.3, 0.4) is 0 Å². The summed E-state index contributed by atoms with van der Waals surface area (Å²) in [6, 6.07) is 10.1. The van der Waals surface area contributed by atoms with Crippen LogP contribution in [0.1, 0.15) is 59.4 Å². The summed E-state index contributed by atoms with van der Waals surface area (Å²) in [7, 11) is -4.21. The fourth-order valence-electron chi connectivity index (χ4n) is 6.56. The van der Waals surface area contributed by atoms with E-state index in [-0.39, 0.29) is 54.3 Å². The molecule has 0 bridgehead atoms. The molecule has 360 valence electrons. The molecule has 2 aromatic carbocycles. The van der Waals surface area contributed by atoms with Gasteiger partial charge in [-0.3, -0.25) is 10.2 Å². The highest BCUT2D eigenvalue weighted by molar-refractivity contribution is 8.02. The lowest BCUT2D eigenvalue weighted by atomic mass is 9.97. The highest BCUT2D eigenvalue weighted by Crippen LogP contribution is 2.35.